The van der Waals surface area contributed by atoms with Gasteiger partial charge in [-0.25, -0.2) is 0 Å². The molecular formula is C7H14N2O2. The monoisotopic (exact) mass is 158 g/mol. The molecule has 11 heavy (non-hydrogen) atoms. The maximum Gasteiger partial charge on any atom is 0.217 e. The van der Waals surface area contributed by atoms with E-state index in [-0.39, 0.29) is 17.7 Å². The van der Waals surface area contributed by atoms with Crippen molar-refractivity contribution in [2.45, 2.75) is 20.3 Å². The summed E-state index contributed by atoms with van der Waals surface area (Å²) in [5.74, 6) is -0.291. The SMILES string of the molecule is CC(=O)NC[C@@H](C)CC(N)=O. The van der Waals surface area contributed by atoms with Gasteiger partial charge in [-0.05, 0) is 5.92 Å². The molecule has 0 saturated carbocycles. The number of nitrogens with one attached hydrogen (secondary N) is 1. The Bertz CT molecular complexity index is 157. The minimum absolute atomic E-state index is 0.0821. The molecule has 0 fully saturated rings. The van der Waals surface area contributed by atoms with Crippen LogP contribution in [0.3, 0.4) is 0 Å². The topological polar surface area (TPSA) is 72.2 Å². The van der Waals surface area contributed by atoms with E-state index in [2.05, 4.69) is 5.32 Å². The summed E-state index contributed by atoms with van der Waals surface area (Å²) in [4.78, 5) is 20.8. The fourth-order valence-electron chi connectivity index (χ4n) is 0.734. The molecule has 4 nitrogen and oxygen atoms in total. The average molecular weight is 158 g/mol. The standard InChI is InChI=1S/C7H14N2O2/c1-5(3-7(8)11)4-9-6(2)10/h5H,3-4H2,1-2H3,(H2,8,11)(H,9,10)/t5-/m0/s1. The summed E-state index contributed by atoms with van der Waals surface area (Å²) in [7, 11) is 0. The van der Waals surface area contributed by atoms with Crippen LogP contribution in [-0.2, 0) is 9.59 Å². The summed E-state index contributed by atoms with van der Waals surface area (Å²) in [6, 6.07) is 0. The Kier molecular flexibility index (Phi) is 4.26. The van der Waals surface area contributed by atoms with Crippen LogP contribution in [0, 0.1) is 5.92 Å². The summed E-state index contributed by atoms with van der Waals surface area (Å²) < 4.78 is 0. The van der Waals surface area contributed by atoms with Gasteiger partial charge in [0.2, 0.25) is 11.8 Å². The maximum absolute atomic E-state index is 10.4. The van der Waals surface area contributed by atoms with Crippen molar-refractivity contribution in [3.63, 3.8) is 0 Å². The lowest BCUT2D eigenvalue weighted by atomic mass is 10.1. The van der Waals surface area contributed by atoms with Crippen LogP contribution in [0.15, 0.2) is 0 Å². The van der Waals surface area contributed by atoms with Crippen LogP contribution in [0.1, 0.15) is 20.3 Å². The molecule has 0 heterocycles. The van der Waals surface area contributed by atoms with E-state index in [4.69, 9.17) is 5.73 Å². The summed E-state index contributed by atoms with van der Waals surface area (Å²) in [5.41, 5.74) is 4.95. The Morgan fingerprint density at radius 1 is 1.55 bits per heavy atom. The summed E-state index contributed by atoms with van der Waals surface area (Å²) in [6.45, 7) is 3.82. The van der Waals surface area contributed by atoms with Crippen molar-refractivity contribution >= 4 is 11.8 Å². The Morgan fingerprint density at radius 3 is 2.45 bits per heavy atom. The first-order valence-corrected chi connectivity index (χ1v) is 3.55. The fraction of sp³-hybridized carbons (Fsp3) is 0.714. The van der Waals surface area contributed by atoms with Gasteiger partial charge < -0.3 is 11.1 Å². The van der Waals surface area contributed by atoms with Crippen LogP contribution in [0.2, 0.25) is 0 Å². The second-order valence-corrected chi connectivity index (χ2v) is 2.71. The van der Waals surface area contributed by atoms with E-state index in [0.29, 0.717) is 13.0 Å². The van der Waals surface area contributed by atoms with Crippen molar-refractivity contribution in [2.24, 2.45) is 11.7 Å². The van der Waals surface area contributed by atoms with E-state index < -0.39 is 0 Å². The highest BCUT2D eigenvalue weighted by Gasteiger charge is 2.05. The molecule has 0 rings (SSSR count). The summed E-state index contributed by atoms with van der Waals surface area (Å²) in [5, 5.41) is 2.60. The van der Waals surface area contributed by atoms with Crippen LogP contribution in [0.5, 0.6) is 0 Å². The van der Waals surface area contributed by atoms with Gasteiger partial charge in [0.05, 0.1) is 0 Å². The van der Waals surface area contributed by atoms with Crippen molar-refractivity contribution in [2.75, 3.05) is 6.54 Å². The first-order chi connectivity index (χ1) is 5.02. The third-order valence-electron chi connectivity index (χ3n) is 1.25. The van der Waals surface area contributed by atoms with Gasteiger partial charge in [0.25, 0.3) is 0 Å². The molecule has 0 aromatic carbocycles. The van der Waals surface area contributed by atoms with Crippen LogP contribution in [0.25, 0.3) is 0 Å². The molecule has 64 valence electrons. The number of carbonyl (C=O) groups is 2. The van der Waals surface area contributed by atoms with Crippen molar-refractivity contribution in [1.82, 2.24) is 5.32 Å². The highest BCUT2D eigenvalue weighted by molar-refractivity contribution is 5.74. The third kappa shape index (κ3) is 6.83. The largest absolute Gasteiger partial charge is 0.370 e. The van der Waals surface area contributed by atoms with E-state index in [9.17, 15) is 9.59 Å². The second kappa shape index (κ2) is 4.71. The van der Waals surface area contributed by atoms with Crippen LogP contribution in [0.4, 0.5) is 0 Å². The van der Waals surface area contributed by atoms with E-state index in [1.807, 2.05) is 6.92 Å². The number of rotatable bonds is 4. The minimum atomic E-state index is -0.331. The highest BCUT2D eigenvalue weighted by Crippen LogP contribution is 1.97. The van der Waals surface area contributed by atoms with Crippen molar-refractivity contribution in [3.05, 3.63) is 0 Å². The normalized spacial score (nSPS) is 12.2. The van der Waals surface area contributed by atoms with Gasteiger partial charge in [-0.3, -0.25) is 9.59 Å². The lowest BCUT2D eigenvalue weighted by molar-refractivity contribution is -0.121. The molecule has 0 aromatic heterocycles. The van der Waals surface area contributed by atoms with Crippen LogP contribution in [-0.4, -0.2) is 18.4 Å². The molecule has 0 aliphatic rings. The van der Waals surface area contributed by atoms with Crippen molar-refractivity contribution in [3.8, 4) is 0 Å². The predicted molar refractivity (Wildman–Crippen MR) is 41.7 cm³/mol. The zero-order chi connectivity index (χ0) is 8.85. The Morgan fingerprint density at radius 2 is 2.09 bits per heavy atom. The fourth-order valence-corrected chi connectivity index (χ4v) is 0.734. The van der Waals surface area contributed by atoms with Gasteiger partial charge in [-0.1, -0.05) is 6.92 Å². The highest BCUT2D eigenvalue weighted by atomic mass is 16.1. The first kappa shape index (κ1) is 9.94. The molecule has 0 aliphatic heterocycles. The number of amides is 2. The second-order valence-electron chi connectivity index (χ2n) is 2.71. The van der Waals surface area contributed by atoms with Gasteiger partial charge in [-0.15, -0.1) is 0 Å². The lowest BCUT2D eigenvalue weighted by Gasteiger charge is -2.08. The minimum Gasteiger partial charge on any atom is -0.370 e. The van der Waals surface area contributed by atoms with Crippen molar-refractivity contribution < 1.29 is 9.59 Å². The molecule has 3 N–H and O–H groups in total. The molecule has 0 saturated heterocycles. The zero-order valence-electron chi connectivity index (χ0n) is 6.89. The summed E-state index contributed by atoms with van der Waals surface area (Å²) in [6.07, 6.45) is 0.320. The molecule has 0 aromatic rings. The van der Waals surface area contributed by atoms with E-state index in [0.717, 1.165) is 0 Å². The lowest BCUT2D eigenvalue weighted by Crippen LogP contribution is -2.28. The smallest absolute Gasteiger partial charge is 0.217 e. The third-order valence-corrected chi connectivity index (χ3v) is 1.25. The number of carbonyl (C=O) groups excluding carboxylic acids is 2. The molecule has 4 heteroatoms. The maximum atomic E-state index is 10.4. The number of hydrogen-bond donors (Lipinski definition) is 2. The zero-order valence-corrected chi connectivity index (χ0v) is 6.89. The Labute approximate surface area is 66.1 Å². The number of nitrogens with two attached hydrogens (primary N) is 1. The Balaban J connectivity index is 3.44. The molecule has 0 aliphatic carbocycles. The molecule has 1 atom stereocenters. The number of hydrogen-bond acceptors (Lipinski definition) is 2. The van der Waals surface area contributed by atoms with Gasteiger partial charge in [0, 0.05) is 19.9 Å². The van der Waals surface area contributed by atoms with Gasteiger partial charge in [0.1, 0.15) is 0 Å². The number of primary amides is 1. The van der Waals surface area contributed by atoms with E-state index in [1.165, 1.54) is 6.92 Å². The molecule has 0 radical (unpaired) electrons. The van der Waals surface area contributed by atoms with Crippen LogP contribution < -0.4 is 11.1 Å². The molecule has 0 bridgehead atoms. The van der Waals surface area contributed by atoms with E-state index >= 15 is 0 Å². The van der Waals surface area contributed by atoms with Crippen LogP contribution >= 0.6 is 0 Å². The van der Waals surface area contributed by atoms with Crippen molar-refractivity contribution in [1.29, 1.82) is 0 Å². The predicted octanol–water partition coefficient (Wildman–Crippen LogP) is -0.366. The first-order valence-electron chi connectivity index (χ1n) is 3.55. The molecule has 0 unspecified atom stereocenters. The van der Waals surface area contributed by atoms with Gasteiger partial charge in [-0.2, -0.15) is 0 Å². The average Bonchev–Trinajstić information content (AvgIpc) is 1.82. The molecule has 0 spiro atoms. The molecular weight excluding hydrogens is 144 g/mol. The quantitative estimate of drug-likeness (QED) is 0.586. The van der Waals surface area contributed by atoms with E-state index in [1.54, 1.807) is 0 Å². The molecule has 2 amide bonds. The van der Waals surface area contributed by atoms with Gasteiger partial charge in [0.15, 0.2) is 0 Å². The Hall–Kier alpha value is -1.06. The summed E-state index contributed by atoms with van der Waals surface area (Å²) >= 11 is 0. The van der Waals surface area contributed by atoms with Gasteiger partial charge >= 0.3 is 0 Å².